The fraction of sp³-hybridized carbons (Fsp3) is 0.357. The molecule has 0 aromatic carbocycles. The van der Waals surface area contributed by atoms with Crippen molar-refractivity contribution >= 4 is 16.9 Å². The molecule has 4 rings (SSSR count). The predicted molar refractivity (Wildman–Crippen MR) is 75.3 cm³/mol. The lowest BCUT2D eigenvalue weighted by molar-refractivity contribution is -0.790. The number of thioether (sulfide) groups is 1. The van der Waals surface area contributed by atoms with E-state index in [2.05, 4.69) is 4.90 Å². The topological polar surface area (TPSA) is 52.6 Å². The van der Waals surface area contributed by atoms with E-state index in [1.165, 1.54) is 0 Å². The second kappa shape index (κ2) is 4.00. The number of ether oxygens (including phenoxy) is 1. The molecular formula is C14H14N2O3S. The van der Waals surface area contributed by atoms with Gasteiger partial charge in [0.2, 0.25) is 5.12 Å². The summed E-state index contributed by atoms with van der Waals surface area (Å²) in [6, 6.07) is -0.00523. The molecule has 104 valence electrons. The monoisotopic (exact) mass is 290 g/mol. The van der Waals surface area contributed by atoms with Crippen molar-refractivity contribution in [2.24, 2.45) is 0 Å². The fourth-order valence-corrected chi connectivity index (χ4v) is 4.45. The van der Waals surface area contributed by atoms with Crippen molar-refractivity contribution in [2.45, 2.75) is 24.8 Å². The van der Waals surface area contributed by atoms with Crippen molar-refractivity contribution in [3.63, 3.8) is 0 Å². The molecule has 0 aromatic heterocycles. The lowest BCUT2D eigenvalue weighted by Gasteiger charge is -2.41. The fourth-order valence-electron chi connectivity index (χ4n) is 3.27. The van der Waals surface area contributed by atoms with Crippen molar-refractivity contribution in [2.75, 3.05) is 6.73 Å². The first-order valence-corrected chi connectivity index (χ1v) is 7.47. The van der Waals surface area contributed by atoms with Crippen LogP contribution in [0.1, 0.15) is 13.3 Å². The van der Waals surface area contributed by atoms with Gasteiger partial charge in [0.05, 0.1) is 18.5 Å². The lowest BCUT2D eigenvalue weighted by atomic mass is 10.1. The van der Waals surface area contributed by atoms with E-state index >= 15 is 0 Å². The van der Waals surface area contributed by atoms with Crippen LogP contribution in [-0.4, -0.2) is 32.8 Å². The van der Waals surface area contributed by atoms with E-state index in [1.54, 1.807) is 18.5 Å². The molecule has 0 aromatic rings. The van der Waals surface area contributed by atoms with E-state index in [0.29, 0.717) is 13.2 Å². The minimum absolute atomic E-state index is 0.00523. The molecule has 0 aliphatic carbocycles. The van der Waals surface area contributed by atoms with E-state index in [1.807, 2.05) is 19.1 Å². The Morgan fingerprint density at radius 2 is 2.40 bits per heavy atom. The highest BCUT2D eigenvalue weighted by atomic mass is 32.2. The van der Waals surface area contributed by atoms with E-state index < -0.39 is 10.0 Å². The van der Waals surface area contributed by atoms with E-state index in [9.17, 15) is 10.0 Å². The molecule has 0 bridgehead atoms. The number of nitrogens with zero attached hydrogens (tertiary/aromatic N) is 2. The number of rotatable bonds is 0. The van der Waals surface area contributed by atoms with Crippen molar-refractivity contribution in [3.8, 4) is 0 Å². The lowest BCUT2D eigenvalue weighted by Crippen LogP contribution is -2.42. The summed E-state index contributed by atoms with van der Waals surface area (Å²) in [6.07, 6.45) is 9.33. The molecule has 3 atom stereocenters. The number of carbonyl (C=O) groups excluding carboxylic acids is 1. The summed E-state index contributed by atoms with van der Waals surface area (Å²) < 4.78 is 4.85. The Bertz CT molecular complexity index is 622. The summed E-state index contributed by atoms with van der Waals surface area (Å²) >= 11 is 1.14. The van der Waals surface area contributed by atoms with Crippen LogP contribution in [0, 0.1) is 5.21 Å². The van der Waals surface area contributed by atoms with Crippen LogP contribution in [0.3, 0.4) is 0 Å². The van der Waals surface area contributed by atoms with Gasteiger partial charge < -0.3 is 14.8 Å². The second-order valence-electron chi connectivity index (χ2n) is 5.31. The molecule has 0 saturated carbocycles. The number of allylic oxidation sites excluding steroid dienone is 2. The third-order valence-corrected chi connectivity index (χ3v) is 5.46. The van der Waals surface area contributed by atoms with Crippen molar-refractivity contribution in [1.29, 1.82) is 0 Å². The number of hydroxylamine groups is 3. The Labute approximate surface area is 121 Å². The second-order valence-corrected chi connectivity index (χ2v) is 6.39. The minimum atomic E-state index is -0.539. The van der Waals surface area contributed by atoms with Gasteiger partial charge in [-0.05, 0) is 24.8 Å². The molecule has 6 heteroatoms. The number of hydrogen-bond acceptors (Lipinski definition) is 5. The molecule has 0 radical (unpaired) electrons. The normalized spacial score (nSPS) is 38.2. The quantitative estimate of drug-likeness (QED) is 0.505. The number of hydrogen-bond donors (Lipinski definition) is 0. The van der Waals surface area contributed by atoms with Crippen molar-refractivity contribution < 1.29 is 14.2 Å². The molecular weight excluding hydrogens is 276 g/mol. The Morgan fingerprint density at radius 1 is 1.55 bits per heavy atom. The van der Waals surface area contributed by atoms with Gasteiger partial charge in [-0.3, -0.25) is 9.44 Å². The average Bonchev–Trinajstić information content (AvgIpc) is 3.01. The number of carbonyl (C=O) groups is 1. The Hall–Kier alpha value is -1.50. The average molecular weight is 290 g/mol. The summed E-state index contributed by atoms with van der Waals surface area (Å²) in [5, 5.41) is 12.9. The molecule has 4 aliphatic heterocycles. The summed E-state index contributed by atoms with van der Waals surface area (Å²) in [7, 11) is 0. The maximum atomic E-state index is 13.3. The third kappa shape index (κ3) is 1.44. The van der Waals surface area contributed by atoms with Crippen molar-refractivity contribution in [1.82, 2.24) is 4.90 Å². The first-order valence-electron chi connectivity index (χ1n) is 6.59. The number of quaternary nitrogens is 1. The summed E-state index contributed by atoms with van der Waals surface area (Å²) in [5.41, 5.74) is 2.63. The zero-order valence-corrected chi connectivity index (χ0v) is 11.8. The zero-order chi connectivity index (χ0) is 13.9. The van der Waals surface area contributed by atoms with Crippen LogP contribution in [0.25, 0.3) is 0 Å². The van der Waals surface area contributed by atoms with Gasteiger partial charge in [0.15, 0.2) is 12.1 Å². The van der Waals surface area contributed by atoms with Crippen molar-refractivity contribution in [3.05, 3.63) is 52.9 Å². The van der Waals surface area contributed by atoms with Crippen LogP contribution in [0.15, 0.2) is 47.7 Å². The third-order valence-electron chi connectivity index (χ3n) is 4.30. The maximum absolute atomic E-state index is 13.3. The first-order chi connectivity index (χ1) is 9.61. The van der Waals surface area contributed by atoms with Gasteiger partial charge in [0, 0.05) is 24.1 Å². The minimum Gasteiger partial charge on any atom is -0.621 e. The van der Waals surface area contributed by atoms with Gasteiger partial charge in [0.25, 0.3) is 0 Å². The van der Waals surface area contributed by atoms with Crippen LogP contribution >= 0.6 is 11.8 Å². The Kier molecular flexibility index (Phi) is 2.45. The molecule has 0 amide bonds. The molecule has 4 aliphatic rings. The molecule has 0 fully saturated rings. The van der Waals surface area contributed by atoms with E-state index in [4.69, 9.17) is 4.74 Å². The molecule has 0 spiro atoms. The SMILES string of the molecule is CC1C2=CC(=O)SC2[N+]2([O-])C=CCC2=C2C=COCN21. The molecule has 3 unspecified atom stereocenters. The van der Waals surface area contributed by atoms with E-state index in [0.717, 1.165) is 28.7 Å². The van der Waals surface area contributed by atoms with Crippen LogP contribution in [0.2, 0.25) is 0 Å². The molecule has 20 heavy (non-hydrogen) atoms. The van der Waals surface area contributed by atoms with Gasteiger partial charge in [-0.1, -0.05) is 0 Å². The Morgan fingerprint density at radius 3 is 3.25 bits per heavy atom. The summed E-state index contributed by atoms with van der Waals surface area (Å²) in [6.45, 7) is 2.44. The highest BCUT2D eigenvalue weighted by Crippen LogP contribution is 2.49. The molecule has 5 nitrogen and oxygen atoms in total. The van der Waals surface area contributed by atoms with Gasteiger partial charge in [0.1, 0.15) is 11.4 Å². The van der Waals surface area contributed by atoms with Gasteiger partial charge in [-0.2, -0.15) is 0 Å². The summed E-state index contributed by atoms with van der Waals surface area (Å²) in [5.74, 6) is 0. The van der Waals surface area contributed by atoms with Gasteiger partial charge in [-0.15, -0.1) is 0 Å². The molecule has 0 N–H and O–H groups in total. The number of fused-ring (bicyclic) bond motifs is 4. The first kappa shape index (κ1) is 12.3. The molecule has 4 heterocycles. The zero-order valence-electron chi connectivity index (χ0n) is 11.0. The standard InChI is InChI=1S/C14H14N2O3S/c1-9-10-7-13(17)20-14(10)16(18)5-2-3-12(16)11-4-6-19-8-15(9)11/h2,4-7,9,14H,3,8H2,1H3. The highest BCUT2D eigenvalue weighted by molar-refractivity contribution is 8.15. The van der Waals surface area contributed by atoms with Crippen LogP contribution in [0.4, 0.5) is 0 Å². The van der Waals surface area contributed by atoms with Gasteiger partial charge >= 0.3 is 0 Å². The Balaban J connectivity index is 1.95. The largest absolute Gasteiger partial charge is 0.621 e. The maximum Gasteiger partial charge on any atom is 0.218 e. The predicted octanol–water partition coefficient (Wildman–Crippen LogP) is 2.16. The molecule has 0 saturated heterocycles. The van der Waals surface area contributed by atoms with Crippen LogP contribution < -0.4 is 0 Å². The summed E-state index contributed by atoms with van der Waals surface area (Å²) in [4.78, 5) is 13.9. The van der Waals surface area contributed by atoms with Crippen LogP contribution in [0.5, 0.6) is 0 Å². The van der Waals surface area contributed by atoms with Gasteiger partial charge in [-0.25, -0.2) is 0 Å². The highest BCUT2D eigenvalue weighted by Gasteiger charge is 2.49. The van der Waals surface area contributed by atoms with E-state index in [-0.39, 0.29) is 11.2 Å². The smallest absolute Gasteiger partial charge is 0.218 e. The van der Waals surface area contributed by atoms with Crippen LogP contribution in [-0.2, 0) is 9.53 Å².